The van der Waals surface area contributed by atoms with Crippen LogP contribution in [0, 0.1) is 0 Å². The molecule has 0 unspecified atom stereocenters. The third kappa shape index (κ3) is 2.74. The van der Waals surface area contributed by atoms with Crippen molar-refractivity contribution in [3.63, 3.8) is 0 Å². The van der Waals surface area contributed by atoms with Gasteiger partial charge in [-0.2, -0.15) is 0 Å². The molecule has 2 aromatic carbocycles. The first-order valence-electron chi connectivity index (χ1n) is 6.91. The minimum Gasteiger partial charge on any atom is -0.378 e. The maximum atomic E-state index is 12.2. The molecule has 0 saturated heterocycles. The van der Waals surface area contributed by atoms with E-state index in [-0.39, 0.29) is 11.8 Å². The number of amides is 1. The molecular formula is C17H17ClN2O. The summed E-state index contributed by atoms with van der Waals surface area (Å²) in [5.74, 6) is -0.118. The minimum atomic E-state index is -0.163. The van der Waals surface area contributed by atoms with Gasteiger partial charge in [0.2, 0.25) is 5.91 Å². The molecule has 1 aliphatic rings. The molecule has 1 aliphatic heterocycles. The molecule has 0 saturated carbocycles. The maximum Gasteiger partial charge on any atom is 0.232 e. The first-order valence-corrected chi connectivity index (χ1v) is 7.29. The second kappa shape index (κ2) is 5.41. The van der Waals surface area contributed by atoms with Gasteiger partial charge in [-0.3, -0.25) is 4.79 Å². The molecule has 0 aliphatic carbocycles. The predicted octanol–water partition coefficient (Wildman–Crippen LogP) is 3.68. The van der Waals surface area contributed by atoms with E-state index in [1.165, 1.54) is 0 Å². The van der Waals surface area contributed by atoms with E-state index in [2.05, 4.69) is 34.5 Å². The summed E-state index contributed by atoms with van der Waals surface area (Å²) in [6.45, 7) is 0. The van der Waals surface area contributed by atoms with Crippen molar-refractivity contribution in [3.8, 4) is 0 Å². The van der Waals surface area contributed by atoms with Gasteiger partial charge >= 0.3 is 0 Å². The maximum absolute atomic E-state index is 12.2. The third-order valence-electron chi connectivity index (χ3n) is 3.86. The van der Waals surface area contributed by atoms with Crippen LogP contribution >= 0.6 is 11.6 Å². The molecule has 0 bridgehead atoms. The van der Waals surface area contributed by atoms with E-state index in [1.54, 1.807) is 6.07 Å². The molecule has 0 aromatic heterocycles. The zero-order chi connectivity index (χ0) is 15.0. The largest absolute Gasteiger partial charge is 0.378 e. The molecule has 1 atom stereocenters. The quantitative estimate of drug-likeness (QED) is 0.938. The van der Waals surface area contributed by atoms with Crippen molar-refractivity contribution in [1.82, 2.24) is 0 Å². The zero-order valence-electron chi connectivity index (χ0n) is 12.1. The molecule has 2 aromatic rings. The van der Waals surface area contributed by atoms with Crippen LogP contribution in [0.1, 0.15) is 17.0 Å². The Morgan fingerprint density at radius 2 is 1.86 bits per heavy atom. The highest BCUT2D eigenvalue weighted by Crippen LogP contribution is 2.36. The number of fused-ring (bicyclic) bond motifs is 1. The molecular weight excluding hydrogens is 284 g/mol. The number of nitrogens with zero attached hydrogens (tertiary/aromatic N) is 1. The summed E-state index contributed by atoms with van der Waals surface area (Å²) in [5.41, 5.74) is 4.16. The number of rotatable bonds is 3. The van der Waals surface area contributed by atoms with Gasteiger partial charge in [0, 0.05) is 30.5 Å². The van der Waals surface area contributed by atoms with Gasteiger partial charge in [-0.15, -0.1) is 0 Å². The number of hydrogen-bond acceptors (Lipinski definition) is 2. The zero-order valence-corrected chi connectivity index (χ0v) is 12.8. The van der Waals surface area contributed by atoms with Gasteiger partial charge in [0.15, 0.2) is 0 Å². The van der Waals surface area contributed by atoms with Crippen LogP contribution in [0.3, 0.4) is 0 Å². The second-order valence-corrected chi connectivity index (χ2v) is 5.97. The fraction of sp³-hybridized carbons (Fsp3) is 0.235. The standard InChI is InChI=1S/C17H17ClN2O/c1-20(2)13-6-3-11(4-7-13)9-15-14-10-12(18)5-8-16(14)19-17(15)21/h3-8,10,15H,9H2,1-2H3,(H,19,21)/t15-/m1/s1. The van der Waals surface area contributed by atoms with Gasteiger partial charge < -0.3 is 10.2 Å². The first-order chi connectivity index (χ1) is 10.0. The lowest BCUT2D eigenvalue weighted by molar-refractivity contribution is -0.117. The molecule has 1 amide bonds. The normalized spacial score (nSPS) is 16.5. The monoisotopic (exact) mass is 300 g/mol. The molecule has 0 fully saturated rings. The van der Waals surface area contributed by atoms with Crippen molar-refractivity contribution in [2.24, 2.45) is 0 Å². The summed E-state index contributed by atoms with van der Waals surface area (Å²) >= 11 is 6.05. The minimum absolute atomic E-state index is 0.0453. The van der Waals surface area contributed by atoms with Gasteiger partial charge in [0.25, 0.3) is 0 Å². The number of benzene rings is 2. The van der Waals surface area contributed by atoms with Gasteiger partial charge in [0.1, 0.15) is 0 Å². The smallest absolute Gasteiger partial charge is 0.232 e. The van der Waals surface area contributed by atoms with E-state index in [4.69, 9.17) is 11.6 Å². The van der Waals surface area contributed by atoms with E-state index < -0.39 is 0 Å². The van der Waals surface area contributed by atoms with Crippen molar-refractivity contribution in [1.29, 1.82) is 0 Å². The molecule has 0 radical (unpaired) electrons. The van der Waals surface area contributed by atoms with Crippen LogP contribution < -0.4 is 10.2 Å². The Bertz CT molecular complexity index is 680. The van der Waals surface area contributed by atoms with Crippen molar-refractivity contribution >= 4 is 28.9 Å². The lowest BCUT2D eigenvalue weighted by Gasteiger charge is -2.14. The Balaban J connectivity index is 1.85. The highest BCUT2D eigenvalue weighted by molar-refractivity contribution is 6.31. The average Bonchev–Trinajstić information content (AvgIpc) is 2.76. The van der Waals surface area contributed by atoms with Crippen LogP contribution in [-0.4, -0.2) is 20.0 Å². The van der Waals surface area contributed by atoms with Crippen LogP contribution in [0.2, 0.25) is 5.02 Å². The molecule has 3 nitrogen and oxygen atoms in total. The van der Waals surface area contributed by atoms with E-state index >= 15 is 0 Å². The number of hydrogen-bond donors (Lipinski definition) is 1. The molecule has 108 valence electrons. The van der Waals surface area contributed by atoms with Gasteiger partial charge in [0.05, 0.1) is 5.92 Å². The molecule has 1 N–H and O–H groups in total. The van der Waals surface area contributed by atoms with Crippen molar-refractivity contribution in [2.75, 3.05) is 24.3 Å². The van der Waals surface area contributed by atoms with E-state index in [0.29, 0.717) is 11.4 Å². The summed E-state index contributed by atoms with van der Waals surface area (Å²) in [5, 5.41) is 3.58. The van der Waals surface area contributed by atoms with Crippen molar-refractivity contribution in [3.05, 3.63) is 58.6 Å². The fourth-order valence-corrected chi connectivity index (χ4v) is 2.85. The fourth-order valence-electron chi connectivity index (χ4n) is 2.67. The average molecular weight is 301 g/mol. The highest BCUT2D eigenvalue weighted by Gasteiger charge is 2.30. The van der Waals surface area contributed by atoms with Crippen LogP contribution in [-0.2, 0) is 11.2 Å². The Labute approximate surface area is 129 Å². The molecule has 3 rings (SSSR count). The summed E-state index contributed by atoms with van der Waals surface area (Å²) in [6, 6.07) is 13.8. The lowest BCUT2D eigenvalue weighted by Crippen LogP contribution is -2.14. The number of halogens is 1. The Morgan fingerprint density at radius 1 is 1.14 bits per heavy atom. The van der Waals surface area contributed by atoms with Gasteiger partial charge in [-0.25, -0.2) is 0 Å². The van der Waals surface area contributed by atoms with Gasteiger partial charge in [-0.05, 0) is 47.9 Å². The summed E-state index contributed by atoms with van der Waals surface area (Å²) in [6.07, 6.45) is 0.687. The second-order valence-electron chi connectivity index (χ2n) is 5.54. The Kier molecular flexibility index (Phi) is 3.60. The van der Waals surface area contributed by atoms with E-state index in [1.807, 2.05) is 26.2 Å². The molecule has 21 heavy (non-hydrogen) atoms. The van der Waals surface area contributed by atoms with Crippen LogP contribution in [0.25, 0.3) is 0 Å². The van der Waals surface area contributed by atoms with E-state index in [9.17, 15) is 4.79 Å². The molecule has 0 spiro atoms. The summed E-state index contributed by atoms with van der Waals surface area (Å²) in [4.78, 5) is 14.2. The molecule has 1 heterocycles. The summed E-state index contributed by atoms with van der Waals surface area (Å²) < 4.78 is 0. The van der Waals surface area contributed by atoms with Crippen LogP contribution in [0.5, 0.6) is 0 Å². The Morgan fingerprint density at radius 3 is 2.52 bits per heavy atom. The number of carbonyl (C=O) groups is 1. The predicted molar refractivity (Wildman–Crippen MR) is 87.3 cm³/mol. The third-order valence-corrected chi connectivity index (χ3v) is 4.09. The first kappa shape index (κ1) is 14.0. The van der Waals surface area contributed by atoms with Crippen LogP contribution in [0.15, 0.2) is 42.5 Å². The SMILES string of the molecule is CN(C)c1ccc(C[C@H]2C(=O)Nc3ccc(Cl)cc32)cc1. The van der Waals surface area contributed by atoms with E-state index in [0.717, 1.165) is 22.5 Å². The van der Waals surface area contributed by atoms with Crippen molar-refractivity contribution in [2.45, 2.75) is 12.3 Å². The van der Waals surface area contributed by atoms with Crippen molar-refractivity contribution < 1.29 is 4.79 Å². The molecule has 4 heteroatoms. The van der Waals surface area contributed by atoms with Gasteiger partial charge in [-0.1, -0.05) is 23.7 Å². The summed E-state index contributed by atoms with van der Waals surface area (Å²) in [7, 11) is 4.02. The van der Waals surface area contributed by atoms with Crippen LogP contribution in [0.4, 0.5) is 11.4 Å². The number of carbonyl (C=O) groups excluding carboxylic acids is 1. The number of anilines is 2. The lowest BCUT2D eigenvalue weighted by atomic mass is 9.93. The topological polar surface area (TPSA) is 32.3 Å². The highest BCUT2D eigenvalue weighted by atomic mass is 35.5. The number of nitrogens with one attached hydrogen (secondary N) is 1. The Hall–Kier alpha value is -2.00.